The molecule has 0 aliphatic carbocycles. The van der Waals surface area contributed by atoms with Gasteiger partial charge in [-0.1, -0.05) is 6.92 Å². The van der Waals surface area contributed by atoms with Crippen LogP contribution < -0.4 is 0 Å². The highest BCUT2D eigenvalue weighted by molar-refractivity contribution is 4.93. The lowest BCUT2D eigenvalue weighted by atomic mass is 9.84. The quantitative estimate of drug-likeness (QED) is 0.250. The molecule has 10 nitrogen and oxygen atoms in total. The van der Waals surface area contributed by atoms with Crippen LogP contribution in [0, 0.1) is 5.92 Å². The summed E-state index contributed by atoms with van der Waals surface area (Å²) in [5, 5.41) is 59.8. The maximum atomic E-state index is 10.4. The Kier molecular flexibility index (Phi) is 8.81. The van der Waals surface area contributed by atoms with Crippen molar-refractivity contribution in [2.24, 2.45) is 5.92 Å². The van der Waals surface area contributed by atoms with Crippen LogP contribution in [0.15, 0.2) is 0 Å². The van der Waals surface area contributed by atoms with E-state index in [-0.39, 0.29) is 26.4 Å². The highest BCUT2D eigenvalue weighted by atomic mass is 16.6. The lowest BCUT2D eigenvalue weighted by molar-refractivity contribution is -0.249. The summed E-state index contributed by atoms with van der Waals surface area (Å²) in [5.41, 5.74) is 0. The number of rotatable bonds is 8. The fraction of sp³-hybridized carbons (Fsp3) is 1.00. The largest absolute Gasteiger partial charge is 0.394 e. The fourth-order valence-electron chi connectivity index (χ4n) is 3.68. The van der Waals surface area contributed by atoms with Crippen LogP contribution in [0.4, 0.5) is 0 Å². The van der Waals surface area contributed by atoms with Gasteiger partial charge < -0.3 is 49.6 Å². The van der Waals surface area contributed by atoms with Crippen LogP contribution >= 0.6 is 0 Å². The monoisotopic (exact) mass is 396 g/mol. The maximum Gasteiger partial charge on any atom is 0.111 e. The van der Waals surface area contributed by atoms with Gasteiger partial charge in [0.25, 0.3) is 0 Å². The van der Waals surface area contributed by atoms with Crippen molar-refractivity contribution >= 4 is 0 Å². The summed E-state index contributed by atoms with van der Waals surface area (Å²) in [6.45, 7) is 1.32. The number of hydrogen-bond donors (Lipinski definition) is 6. The molecule has 0 aromatic carbocycles. The van der Waals surface area contributed by atoms with Gasteiger partial charge in [-0.25, -0.2) is 0 Å². The molecule has 2 aliphatic heterocycles. The number of ether oxygens (including phenoxy) is 4. The molecule has 0 aromatic rings. The molecule has 27 heavy (non-hydrogen) atoms. The van der Waals surface area contributed by atoms with Crippen LogP contribution in [0.1, 0.15) is 13.3 Å². The van der Waals surface area contributed by atoms with E-state index in [1.807, 2.05) is 6.92 Å². The second-order valence-electron chi connectivity index (χ2n) is 7.13. The summed E-state index contributed by atoms with van der Waals surface area (Å²) < 4.78 is 21.5. The molecule has 2 aliphatic rings. The van der Waals surface area contributed by atoms with Crippen LogP contribution in [0.25, 0.3) is 0 Å². The second-order valence-corrected chi connectivity index (χ2v) is 7.13. The van der Waals surface area contributed by atoms with Gasteiger partial charge >= 0.3 is 0 Å². The Morgan fingerprint density at radius 1 is 0.704 bits per heavy atom. The summed E-state index contributed by atoms with van der Waals surface area (Å²) >= 11 is 0. The zero-order chi connectivity index (χ0) is 20.1. The first-order valence-electron chi connectivity index (χ1n) is 9.24. The molecule has 6 N–H and O–H groups in total. The number of aliphatic hydroxyl groups is 6. The summed E-state index contributed by atoms with van der Waals surface area (Å²) in [6, 6.07) is 0. The molecule has 2 fully saturated rings. The van der Waals surface area contributed by atoms with Gasteiger partial charge in [0.2, 0.25) is 0 Å². The van der Waals surface area contributed by atoms with Crippen molar-refractivity contribution in [2.45, 2.75) is 68.3 Å². The van der Waals surface area contributed by atoms with E-state index < -0.39 is 60.9 Å². The van der Waals surface area contributed by atoms with E-state index in [4.69, 9.17) is 18.9 Å². The molecule has 4 unspecified atom stereocenters. The average molecular weight is 396 g/mol. The lowest BCUT2D eigenvalue weighted by Gasteiger charge is -2.43. The van der Waals surface area contributed by atoms with E-state index in [1.165, 1.54) is 7.11 Å². The normalized spacial score (nSPS) is 45.8. The minimum atomic E-state index is -1.40. The molecule has 10 atom stereocenters. The molecule has 2 heterocycles. The van der Waals surface area contributed by atoms with Gasteiger partial charge in [0.1, 0.15) is 42.7 Å². The fourth-order valence-corrected chi connectivity index (χ4v) is 3.68. The highest BCUT2D eigenvalue weighted by Crippen LogP contribution is 2.29. The van der Waals surface area contributed by atoms with E-state index in [9.17, 15) is 30.6 Å². The van der Waals surface area contributed by atoms with E-state index in [0.29, 0.717) is 6.42 Å². The first-order chi connectivity index (χ1) is 12.8. The van der Waals surface area contributed by atoms with Crippen LogP contribution in [0.3, 0.4) is 0 Å². The molecule has 2 saturated heterocycles. The van der Waals surface area contributed by atoms with E-state index in [2.05, 4.69) is 0 Å². The third-order valence-electron chi connectivity index (χ3n) is 5.35. The molecule has 0 amide bonds. The van der Waals surface area contributed by atoms with Crippen molar-refractivity contribution in [1.82, 2.24) is 0 Å². The number of methoxy groups -OCH3 is 1. The van der Waals surface area contributed by atoms with Gasteiger partial charge in [-0.05, 0) is 6.42 Å². The zero-order valence-electron chi connectivity index (χ0n) is 15.6. The molecule has 160 valence electrons. The third kappa shape index (κ3) is 5.15. The Balaban J connectivity index is 1.90. The van der Waals surface area contributed by atoms with E-state index in [1.54, 1.807) is 0 Å². The molecule has 0 spiro atoms. The van der Waals surface area contributed by atoms with Crippen LogP contribution in [-0.2, 0) is 18.9 Å². The first-order valence-corrected chi connectivity index (χ1v) is 9.24. The van der Waals surface area contributed by atoms with Crippen molar-refractivity contribution in [1.29, 1.82) is 0 Å². The van der Waals surface area contributed by atoms with Gasteiger partial charge in [0.15, 0.2) is 0 Å². The Morgan fingerprint density at radius 3 is 1.70 bits per heavy atom. The van der Waals surface area contributed by atoms with Crippen LogP contribution in [0.5, 0.6) is 0 Å². The third-order valence-corrected chi connectivity index (χ3v) is 5.35. The lowest BCUT2D eigenvalue weighted by Crippen LogP contribution is -2.60. The Labute approximate surface area is 158 Å². The van der Waals surface area contributed by atoms with Gasteiger partial charge in [-0.2, -0.15) is 0 Å². The average Bonchev–Trinajstić information content (AvgIpc) is 2.65. The molecule has 0 bridgehead atoms. The molecule has 0 aromatic heterocycles. The standard InChI is InChI=1S/C17H32O10/c1-3-8-13(19)9(4-18)26-11(14(8)20)6-25-7-12-16(22)17(23)15(21)10(27-12)5-24-2/h8-23H,3-7H2,1-2H3/t8-,9?,10+,11+,12?,13+,14?,15?,16-,17+/m1/s1. The minimum absolute atomic E-state index is 0.0418. The highest BCUT2D eigenvalue weighted by Gasteiger charge is 2.45. The van der Waals surface area contributed by atoms with Crippen molar-refractivity contribution in [2.75, 3.05) is 33.5 Å². The van der Waals surface area contributed by atoms with Gasteiger partial charge in [-0.3, -0.25) is 0 Å². The van der Waals surface area contributed by atoms with Crippen molar-refractivity contribution in [3.8, 4) is 0 Å². The van der Waals surface area contributed by atoms with Gasteiger partial charge in [0, 0.05) is 13.0 Å². The number of hydrogen-bond acceptors (Lipinski definition) is 10. The molecule has 2 rings (SSSR count). The van der Waals surface area contributed by atoms with E-state index in [0.717, 1.165) is 0 Å². The Morgan fingerprint density at radius 2 is 1.19 bits per heavy atom. The zero-order valence-corrected chi connectivity index (χ0v) is 15.6. The predicted octanol–water partition coefficient (Wildman–Crippen LogP) is -2.99. The predicted molar refractivity (Wildman–Crippen MR) is 90.9 cm³/mol. The van der Waals surface area contributed by atoms with Crippen molar-refractivity contribution < 1.29 is 49.6 Å². The smallest absolute Gasteiger partial charge is 0.111 e. The Hall–Kier alpha value is -0.400. The molecule has 0 saturated carbocycles. The summed E-state index contributed by atoms with van der Waals surface area (Å²) in [5.74, 6) is -0.455. The summed E-state index contributed by atoms with van der Waals surface area (Å²) in [4.78, 5) is 0. The summed E-state index contributed by atoms with van der Waals surface area (Å²) in [6.07, 6.45) is -8.75. The van der Waals surface area contributed by atoms with Crippen LogP contribution in [0.2, 0.25) is 0 Å². The van der Waals surface area contributed by atoms with Crippen molar-refractivity contribution in [3.05, 3.63) is 0 Å². The van der Waals surface area contributed by atoms with E-state index >= 15 is 0 Å². The van der Waals surface area contributed by atoms with Crippen LogP contribution in [-0.4, -0.2) is 119 Å². The molecular weight excluding hydrogens is 364 g/mol. The second kappa shape index (κ2) is 10.4. The molecule has 10 heteroatoms. The maximum absolute atomic E-state index is 10.4. The first kappa shape index (κ1) is 22.9. The SMILES string of the molecule is CC[C@H]1C(O)[C@H](COCC2O[C@@H](COC)C(O)[C@H](O)[C@@H]2O)OC(CO)[C@H]1O. The van der Waals surface area contributed by atoms with Gasteiger partial charge in [0.05, 0.1) is 38.6 Å². The topological polar surface area (TPSA) is 158 Å². The minimum Gasteiger partial charge on any atom is -0.394 e. The van der Waals surface area contributed by atoms with Crippen molar-refractivity contribution in [3.63, 3.8) is 0 Å². The summed E-state index contributed by atoms with van der Waals surface area (Å²) in [7, 11) is 1.43. The molecule has 0 radical (unpaired) electrons. The number of aliphatic hydroxyl groups excluding tert-OH is 6. The molecular formula is C17H32O10. The Bertz CT molecular complexity index is 438. The van der Waals surface area contributed by atoms with Gasteiger partial charge in [-0.15, -0.1) is 0 Å².